The van der Waals surface area contributed by atoms with Gasteiger partial charge < -0.3 is 15.2 Å². The number of amides is 3. The fourth-order valence-electron chi connectivity index (χ4n) is 2.84. The summed E-state index contributed by atoms with van der Waals surface area (Å²) in [5, 5.41) is 12.9. The van der Waals surface area contributed by atoms with Gasteiger partial charge in [0.25, 0.3) is 5.91 Å². The van der Waals surface area contributed by atoms with Crippen molar-refractivity contribution in [1.82, 2.24) is 10.2 Å². The number of aliphatic hydroxyl groups excluding tert-OH is 1. The number of rotatable bonds is 4. The molecule has 2 aliphatic rings. The van der Waals surface area contributed by atoms with E-state index in [4.69, 9.17) is 0 Å². The van der Waals surface area contributed by atoms with E-state index < -0.39 is 29.8 Å². The van der Waals surface area contributed by atoms with Crippen molar-refractivity contribution in [3.05, 3.63) is 29.8 Å². The fourth-order valence-corrected chi connectivity index (χ4v) is 4.17. The molecule has 2 atom stereocenters. The van der Waals surface area contributed by atoms with Crippen LogP contribution in [-0.4, -0.2) is 51.9 Å². The predicted molar refractivity (Wildman–Crippen MR) is 83.0 cm³/mol. The van der Waals surface area contributed by atoms with Crippen molar-refractivity contribution in [2.24, 2.45) is 0 Å². The standard InChI is InChI=1S/C15H15F3N2O4S/c16-15(17,18)24-10-3-1-9(2-4-10)11(21)7-20-12(22)14(19-13(20)23)5-6-25-8-14/h1-4,11,21H,5-8H2,(H,19,23)/t11-,14-/m0/s1. The second kappa shape index (κ2) is 6.41. The number of halogens is 3. The van der Waals surface area contributed by atoms with Crippen molar-refractivity contribution in [2.45, 2.75) is 24.4 Å². The smallest absolute Gasteiger partial charge is 0.406 e. The van der Waals surface area contributed by atoms with Crippen LogP contribution in [-0.2, 0) is 4.79 Å². The number of carbonyl (C=O) groups excluding carboxylic acids is 2. The molecule has 0 saturated carbocycles. The van der Waals surface area contributed by atoms with Crippen molar-refractivity contribution in [2.75, 3.05) is 18.1 Å². The lowest BCUT2D eigenvalue weighted by molar-refractivity contribution is -0.274. The summed E-state index contributed by atoms with van der Waals surface area (Å²) >= 11 is 1.57. The Kier molecular flexibility index (Phi) is 4.58. The van der Waals surface area contributed by atoms with Gasteiger partial charge >= 0.3 is 12.4 Å². The minimum absolute atomic E-state index is 0.267. The van der Waals surface area contributed by atoms with Gasteiger partial charge in [-0.05, 0) is 29.9 Å². The van der Waals surface area contributed by atoms with Gasteiger partial charge in [0.2, 0.25) is 0 Å². The molecule has 10 heteroatoms. The third-order valence-corrected chi connectivity index (χ3v) is 5.31. The van der Waals surface area contributed by atoms with Gasteiger partial charge in [-0.15, -0.1) is 13.2 Å². The van der Waals surface area contributed by atoms with Gasteiger partial charge in [-0.1, -0.05) is 12.1 Å². The van der Waals surface area contributed by atoms with E-state index in [-0.39, 0.29) is 18.0 Å². The molecule has 25 heavy (non-hydrogen) atoms. The summed E-state index contributed by atoms with van der Waals surface area (Å²) in [5.74, 6) is 0.468. The minimum atomic E-state index is -4.80. The van der Waals surface area contributed by atoms with E-state index in [1.807, 2.05) is 0 Å². The summed E-state index contributed by atoms with van der Waals surface area (Å²) in [6, 6.07) is 4.07. The number of nitrogens with zero attached hydrogens (tertiary/aromatic N) is 1. The Morgan fingerprint density at radius 1 is 1.32 bits per heavy atom. The maximum atomic E-state index is 12.5. The number of carbonyl (C=O) groups is 2. The van der Waals surface area contributed by atoms with E-state index in [0.717, 1.165) is 22.8 Å². The van der Waals surface area contributed by atoms with Crippen LogP contribution in [0.1, 0.15) is 18.1 Å². The lowest BCUT2D eigenvalue weighted by atomic mass is 9.99. The van der Waals surface area contributed by atoms with Crippen molar-refractivity contribution in [3.63, 3.8) is 0 Å². The summed E-state index contributed by atoms with van der Waals surface area (Å²) < 4.78 is 40.2. The average molecular weight is 376 g/mol. The highest BCUT2D eigenvalue weighted by Crippen LogP contribution is 2.34. The first-order chi connectivity index (χ1) is 11.7. The van der Waals surface area contributed by atoms with Crippen LogP contribution in [0.15, 0.2) is 24.3 Å². The molecule has 6 nitrogen and oxygen atoms in total. The first-order valence-electron chi connectivity index (χ1n) is 7.46. The number of hydrogen-bond acceptors (Lipinski definition) is 5. The molecule has 0 radical (unpaired) electrons. The number of thioether (sulfide) groups is 1. The van der Waals surface area contributed by atoms with Gasteiger partial charge in [0.15, 0.2) is 0 Å². The van der Waals surface area contributed by atoms with Gasteiger partial charge in [-0.25, -0.2) is 4.79 Å². The van der Waals surface area contributed by atoms with E-state index in [1.165, 1.54) is 12.1 Å². The molecule has 1 spiro atoms. The molecular formula is C15H15F3N2O4S. The highest BCUT2D eigenvalue weighted by molar-refractivity contribution is 7.99. The van der Waals surface area contributed by atoms with Gasteiger partial charge in [-0.2, -0.15) is 11.8 Å². The monoisotopic (exact) mass is 376 g/mol. The Morgan fingerprint density at radius 3 is 2.56 bits per heavy atom. The normalized spacial score (nSPS) is 24.7. The third-order valence-electron chi connectivity index (χ3n) is 4.12. The number of urea groups is 1. The SMILES string of the molecule is O=C1N[C@]2(CCSC2)C(=O)N1C[C@H](O)c1ccc(OC(F)(F)F)cc1. The number of imide groups is 1. The number of ether oxygens (including phenoxy) is 1. The third kappa shape index (κ3) is 3.69. The Labute approximate surface area is 145 Å². The second-order valence-electron chi connectivity index (χ2n) is 5.86. The van der Waals surface area contributed by atoms with Crippen LogP contribution in [0.4, 0.5) is 18.0 Å². The zero-order valence-electron chi connectivity index (χ0n) is 12.9. The molecule has 0 bridgehead atoms. The molecule has 0 unspecified atom stereocenters. The maximum absolute atomic E-state index is 12.5. The molecule has 1 aromatic rings. The van der Waals surface area contributed by atoms with E-state index in [0.29, 0.717) is 12.2 Å². The van der Waals surface area contributed by atoms with Gasteiger partial charge in [-0.3, -0.25) is 9.69 Å². The molecule has 2 N–H and O–H groups in total. The van der Waals surface area contributed by atoms with Crippen LogP contribution in [0.25, 0.3) is 0 Å². The van der Waals surface area contributed by atoms with Crippen molar-refractivity contribution in [3.8, 4) is 5.75 Å². The Morgan fingerprint density at radius 2 is 2.00 bits per heavy atom. The first-order valence-corrected chi connectivity index (χ1v) is 8.61. The predicted octanol–water partition coefficient (Wildman–Crippen LogP) is 2.05. The lowest BCUT2D eigenvalue weighted by Gasteiger charge is -2.21. The fraction of sp³-hybridized carbons (Fsp3) is 0.467. The zero-order valence-corrected chi connectivity index (χ0v) is 13.7. The Balaban J connectivity index is 1.67. The summed E-state index contributed by atoms with van der Waals surface area (Å²) in [6.07, 6.45) is -5.47. The lowest BCUT2D eigenvalue weighted by Crippen LogP contribution is -2.47. The van der Waals surface area contributed by atoms with Crippen molar-refractivity contribution < 1.29 is 32.6 Å². The van der Waals surface area contributed by atoms with Gasteiger partial charge in [0, 0.05) is 5.75 Å². The van der Waals surface area contributed by atoms with Crippen LogP contribution in [0, 0.1) is 0 Å². The molecule has 2 heterocycles. The molecule has 3 rings (SSSR count). The highest BCUT2D eigenvalue weighted by atomic mass is 32.2. The van der Waals surface area contributed by atoms with Gasteiger partial charge in [0.1, 0.15) is 11.3 Å². The molecule has 3 amide bonds. The number of nitrogens with one attached hydrogen (secondary N) is 1. The van der Waals surface area contributed by atoms with Crippen LogP contribution in [0.2, 0.25) is 0 Å². The number of alkyl halides is 3. The quantitative estimate of drug-likeness (QED) is 0.787. The van der Waals surface area contributed by atoms with E-state index >= 15 is 0 Å². The van der Waals surface area contributed by atoms with Crippen LogP contribution in [0.3, 0.4) is 0 Å². The molecule has 1 aromatic carbocycles. The van der Waals surface area contributed by atoms with E-state index in [2.05, 4.69) is 10.1 Å². The largest absolute Gasteiger partial charge is 0.573 e. The van der Waals surface area contributed by atoms with Crippen LogP contribution >= 0.6 is 11.8 Å². The Hall–Kier alpha value is -1.94. The highest BCUT2D eigenvalue weighted by Gasteiger charge is 2.53. The molecule has 2 saturated heterocycles. The Bertz CT molecular complexity index is 674. The minimum Gasteiger partial charge on any atom is -0.406 e. The molecule has 2 fully saturated rings. The van der Waals surface area contributed by atoms with Crippen molar-refractivity contribution >= 4 is 23.7 Å². The summed E-state index contributed by atoms with van der Waals surface area (Å²) in [7, 11) is 0. The number of aliphatic hydroxyl groups is 1. The summed E-state index contributed by atoms with van der Waals surface area (Å²) in [5.41, 5.74) is -0.622. The molecular weight excluding hydrogens is 361 g/mol. The zero-order chi connectivity index (χ0) is 18.2. The molecule has 0 aromatic heterocycles. The maximum Gasteiger partial charge on any atom is 0.573 e. The van der Waals surface area contributed by atoms with Crippen LogP contribution < -0.4 is 10.1 Å². The van der Waals surface area contributed by atoms with E-state index in [9.17, 15) is 27.9 Å². The second-order valence-corrected chi connectivity index (χ2v) is 6.97. The van der Waals surface area contributed by atoms with Crippen molar-refractivity contribution in [1.29, 1.82) is 0 Å². The van der Waals surface area contributed by atoms with E-state index in [1.54, 1.807) is 11.8 Å². The van der Waals surface area contributed by atoms with Gasteiger partial charge in [0.05, 0.1) is 12.6 Å². The average Bonchev–Trinajstić information content (AvgIpc) is 3.08. The number of benzene rings is 1. The molecule has 136 valence electrons. The topological polar surface area (TPSA) is 78.9 Å². The first kappa shape index (κ1) is 17.9. The molecule has 0 aliphatic carbocycles. The molecule has 2 aliphatic heterocycles. The van der Waals surface area contributed by atoms with Crippen LogP contribution in [0.5, 0.6) is 5.75 Å². The summed E-state index contributed by atoms with van der Waals surface area (Å²) in [6.45, 7) is -0.267. The number of β-amino-alcohol motifs (C(OH)–C–C–N with tert-alkyl or cyclic N) is 1. The summed E-state index contributed by atoms with van der Waals surface area (Å²) in [4.78, 5) is 25.5. The number of hydrogen-bond donors (Lipinski definition) is 2.